The molecule has 6 heteroatoms. The highest BCUT2D eigenvalue weighted by molar-refractivity contribution is 5.92. The van der Waals surface area contributed by atoms with Crippen LogP contribution in [0.15, 0.2) is 18.2 Å². The fourth-order valence-electron chi connectivity index (χ4n) is 2.35. The van der Waals surface area contributed by atoms with Gasteiger partial charge in [0, 0.05) is 6.54 Å². The third-order valence-electron chi connectivity index (χ3n) is 3.21. The number of carbonyl (C=O) groups excluding carboxylic acids is 1. The molecule has 1 unspecified atom stereocenters. The van der Waals surface area contributed by atoms with E-state index in [-0.39, 0.29) is 13.0 Å². The van der Waals surface area contributed by atoms with Crippen molar-refractivity contribution in [1.29, 1.82) is 0 Å². The lowest BCUT2D eigenvalue weighted by molar-refractivity contribution is -0.139. The number of anilines is 1. The highest BCUT2D eigenvalue weighted by Gasteiger charge is 2.34. The van der Waals surface area contributed by atoms with E-state index in [0.29, 0.717) is 11.3 Å². The van der Waals surface area contributed by atoms with Gasteiger partial charge in [-0.25, -0.2) is 9.18 Å². The van der Waals surface area contributed by atoms with Crippen molar-refractivity contribution in [3.63, 3.8) is 0 Å². The van der Waals surface area contributed by atoms with Gasteiger partial charge < -0.3 is 9.84 Å². The van der Waals surface area contributed by atoms with E-state index in [1.54, 1.807) is 20.8 Å². The zero-order valence-corrected chi connectivity index (χ0v) is 12.2. The first kappa shape index (κ1) is 15.3. The van der Waals surface area contributed by atoms with Crippen molar-refractivity contribution in [2.45, 2.75) is 38.7 Å². The molecule has 0 radical (unpaired) electrons. The Bertz CT molecular complexity index is 580. The second-order valence-corrected chi connectivity index (χ2v) is 6.01. The molecule has 21 heavy (non-hydrogen) atoms. The van der Waals surface area contributed by atoms with Gasteiger partial charge in [-0.3, -0.25) is 9.69 Å². The molecule has 1 aromatic rings. The number of carboxylic acids is 1. The summed E-state index contributed by atoms with van der Waals surface area (Å²) in [4.78, 5) is 24.8. The minimum Gasteiger partial charge on any atom is -0.481 e. The van der Waals surface area contributed by atoms with E-state index in [9.17, 15) is 19.1 Å². The molecule has 0 aliphatic carbocycles. The summed E-state index contributed by atoms with van der Waals surface area (Å²) < 4.78 is 18.7. The standard InChI is InChI=1S/C15H18FNO4/c1-15(2,3)21-14(20)17-7-6-10(13(18)19)11-8-9(16)4-5-12(11)17/h4-5,8,10H,6-7H2,1-3H3,(H,18,19). The number of rotatable bonds is 1. The van der Waals surface area contributed by atoms with Crippen LogP contribution in [-0.4, -0.2) is 29.3 Å². The summed E-state index contributed by atoms with van der Waals surface area (Å²) in [6, 6.07) is 3.80. The fourth-order valence-corrected chi connectivity index (χ4v) is 2.35. The first-order valence-electron chi connectivity index (χ1n) is 6.72. The molecule has 1 aliphatic heterocycles. The van der Waals surface area contributed by atoms with E-state index < -0.39 is 29.4 Å². The Morgan fingerprint density at radius 1 is 1.38 bits per heavy atom. The molecule has 0 aromatic heterocycles. The maximum Gasteiger partial charge on any atom is 0.414 e. The fraction of sp³-hybridized carbons (Fsp3) is 0.467. The van der Waals surface area contributed by atoms with Crippen LogP contribution in [0.2, 0.25) is 0 Å². The molecule has 1 amide bonds. The summed E-state index contributed by atoms with van der Waals surface area (Å²) in [5, 5.41) is 9.23. The van der Waals surface area contributed by atoms with Gasteiger partial charge in [0.1, 0.15) is 11.4 Å². The second kappa shape index (κ2) is 5.35. The van der Waals surface area contributed by atoms with Crippen molar-refractivity contribution >= 4 is 17.7 Å². The maximum absolute atomic E-state index is 13.4. The monoisotopic (exact) mass is 295 g/mol. The molecule has 0 saturated carbocycles. The Balaban J connectivity index is 2.38. The van der Waals surface area contributed by atoms with Crippen LogP contribution in [0.4, 0.5) is 14.9 Å². The zero-order chi connectivity index (χ0) is 15.8. The van der Waals surface area contributed by atoms with Crippen LogP contribution in [0.5, 0.6) is 0 Å². The number of fused-ring (bicyclic) bond motifs is 1. The van der Waals surface area contributed by atoms with Crippen LogP contribution >= 0.6 is 0 Å². The molecule has 0 spiro atoms. The van der Waals surface area contributed by atoms with E-state index in [2.05, 4.69) is 0 Å². The van der Waals surface area contributed by atoms with E-state index in [1.807, 2.05) is 0 Å². The predicted octanol–water partition coefficient (Wildman–Crippen LogP) is 3.14. The number of carbonyl (C=O) groups is 2. The van der Waals surface area contributed by atoms with Gasteiger partial charge in [0.25, 0.3) is 0 Å². The van der Waals surface area contributed by atoms with Gasteiger partial charge >= 0.3 is 12.1 Å². The van der Waals surface area contributed by atoms with Gasteiger partial charge in [-0.2, -0.15) is 0 Å². The third-order valence-corrected chi connectivity index (χ3v) is 3.21. The summed E-state index contributed by atoms with van der Waals surface area (Å²) in [5.74, 6) is -2.36. The molecule has 1 aromatic carbocycles. The van der Waals surface area contributed by atoms with Gasteiger partial charge in [-0.15, -0.1) is 0 Å². The van der Waals surface area contributed by atoms with Crippen LogP contribution < -0.4 is 4.90 Å². The Labute approximate surface area is 122 Å². The molecular formula is C15H18FNO4. The number of carboxylic acid groups (broad SMARTS) is 1. The number of halogens is 1. The predicted molar refractivity (Wildman–Crippen MR) is 75.0 cm³/mol. The van der Waals surface area contributed by atoms with Crippen LogP contribution in [0.25, 0.3) is 0 Å². The number of nitrogens with zero attached hydrogens (tertiary/aromatic N) is 1. The summed E-state index contributed by atoms with van der Waals surface area (Å²) in [6.07, 6.45) is -0.329. The molecule has 0 bridgehead atoms. The Kier molecular flexibility index (Phi) is 3.89. The molecule has 0 fully saturated rings. The molecule has 2 rings (SSSR count). The average molecular weight is 295 g/mol. The first-order chi connectivity index (χ1) is 9.69. The molecule has 0 saturated heterocycles. The van der Waals surface area contributed by atoms with Crippen molar-refractivity contribution in [3.05, 3.63) is 29.6 Å². The second-order valence-electron chi connectivity index (χ2n) is 6.01. The van der Waals surface area contributed by atoms with Gasteiger partial charge in [0.05, 0.1) is 11.6 Å². The minimum atomic E-state index is -1.02. The van der Waals surface area contributed by atoms with Crippen LogP contribution in [0.1, 0.15) is 38.7 Å². The highest BCUT2D eigenvalue weighted by Crippen LogP contribution is 2.36. The molecule has 1 aliphatic rings. The van der Waals surface area contributed by atoms with E-state index in [4.69, 9.17) is 4.74 Å². The van der Waals surface area contributed by atoms with Crippen molar-refractivity contribution < 1.29 is 23.8 Å². The van der Waals surface area contributed by atoms with Crippen LogP contribution in [-0.2, 0) is 9.53 Å². The highest BCUT2D eigenvalue weighted by atomic mass is 19.1. The largest absolute Gasteiger partial charge is 0.481 e. The molecule has 1 atom stereocenters. The van der Waals surface area contributed by atoms with Gasteiger partial charge in [0.2, 0.25) is 0 Å². The van der Waals surface area contributed by atoms with Crippen molar-refractivity contribution in [2.24, 2.45) is 0 Å². The Morgan fingerprint density at radius 3 is 2.62 bits per heavy atom. The van der Waals surface area contributed by atoms with Crippen molar-refractivity contribution in [1.82, 2.24) is 0 Å². The Morgan fingerprint density at radius 2 is 2.05 bits per heavy atom. The number of benzene rings is 1. The van der Waals surface area contributed by atoms with Crippen molar-refractivity contribution in [3.8, 4) is 0 Å². The number of amides is 1. The summed E-state index contributed by atoms with van der Waals surface area (Å²) in [7, 11) is 0. The van der Waals surface area contributed by atoms with Crippen molar-refractivity contribution in [2.75, 3.05) is 11.4 Å². The first-order valence-corrected chi connectivity index (χ1v) is 6.72. The smallest absolute Gasteiger partial charge is 0.414 e. The van der Waals surface area contributed by atoms with Gasteiger partial charge in [0.15, 0.2) is 0 Å². The van der Waals surface area contributed by atoms with Crippen LogP contribution in [0, 0.1) is 5.82 Å². The minimum absolute atomic E-state index is 0.227. The van der Waals surface area contributed by atoms with Gasteiger partial charge in [-0.1, -0.05) is 0 Å². The average Bonchev–Trinajstić information content (AvgIpc) is 2.34. The summed E-state index contributed by atoms with van der Waals surface area (Å²) in [5.41, 5.74) is 0.0462. The topological polar surface area (TPSA) is 66.8 Å². The molecule has 5 nitrogen and oxygen atoms in total. The summed E-state index contributed by atoms with van der Waals surface area (Å²) in [6.45, 7) is 5.48. The lowest BCUT2D eigenvalue weighted by Crippen LogP contribution is -2.41. The number of aliphatic carboxylic acids is 1. The zero-order valence-electron chi connectivity index (χ0n) is 12.2. The lowest BCUT2D eigenvalue weighted by atomic mass is 9.90. The Hall–Kier alpha value is -2.11. The van der Waals surface area contributed by atoms with Gasteiger partial charge in [-0.05, 0) is 51.0 Å². The number of hydrogen-bond donors (Lipinski definition) is 1. The third kappa shape index (κ3) is 3.32. The molecular weight excluding hydrogens is 277 g/mol. The SMILES string of the molecule is CC(C)(C)OC(=O)N1CCC(C(=O)O)c2cc(F)ccc21. The molecule has 114 valence electrons. The summed E-state index contributed by atoms with van der Waals surface area (Å²) >= 11 is 0. The maximum atomic E-state index is 13.4. The van der Waals surface area contributed by atoms with E-state index >= 15 is 0 Å². The number of ether oxygens (including phenoxy) is 1. The van der Waals surface area contributed by atoms with Crippen LogP contribution in [0.3, 0.4) is 0 Å². The number of hydrogen-bond acceptors (Lipinski definition) is 3. The van der Waals surface area contributed by atoms with E-state index in [0.717, 1.165) is 0 Å². The van der Waals surface area contributed by atoms with E-state index in [1.165, 1.54) is 23.1 Å². The molecule has 1 heterocycles. The quantitative estimate of drug-likeness (QED) is 0.864. The lowest BCUT2D eigenvalue weighted by Gasteiger charge is -2.34. The normalized spacial score (nSPS) is 18.1. The molecule has 1 N–H and O–H groups in total.